The monoisotopic (exact) mass is 263 g/mol. The predicted molar refractivity (Wildman–Crippen MR) is 74.2 cm³/mol. The van der Waals surface area contributed by atoms with Crippen LogP contribution in [0.1, 0.15) is 27.2 Å². The molecule has 1 amide bonds. The minimum atomic E-state index is -0.342. The summed E-state index contributed by atoms with van der Waals surface area (Å²) in [6, 6.07) is 3.93. The van der Waals surface area contributed by atoms with E-state index in [1.165, 1.54) is 0 Å². The first kappa shape index (κ1) is 13.6. The number of alkyl carbamates (subject to hydrolysis) is 1. The summed E-state index contributed by atoms with van der Waals surface area (Å²) in [7, 11) is 0. The van der Waals surface area contributed by atoms with Crippen LogP contribution in [-0.4, -0.2) is 35.8 Å². The second-order valence-electron chi connectivity index (χ2n) is 5.85. The molecular formula is C14H21N3O2. The molecule has 0 aromatic carbocycles. The van der Waals surface area contributed by atoms with Crippen molar-refractivity contribution in [2.24, 2.45) is 0 Å². The van der Waals surface area contributed by atoms with Gasteiger partial charge in [-0.3, -0.25) is 4.98 Å². The molecule has 0 aliphatic carbocycles. The molecule has 0 unspecified atom stereocenters. The second kappa shape index (κ2) is 5.47. The summed E-state index contributed by atoms with van der Waals surface area (Å²) in [6.07, 6.45) is 4.04. The van der Waals surface area contributed by atoms with Crippen molar-refractivity contribution in [3.8, 4) is 0 Å². The van der Waals surface area contributed by atoms with Crippen LogP contribution in [0.2, 0.25) is 0 Å². The number of aromatic nitrogens is 1. The molecule has 2 rings (SSSR count). The standard InChI is InChI=1S/C14H21N3O2/c1-14(2,3)16-13(18)19-12-6-8-17(10-12)11-5-4-7-15-9-11/h4-5,7,9,12H,6,8,10H2,1-3H3,(H,16,18)/t12-/m1/s1. The summed E-state index contributed by atoms with van der Waals surface area (Å²) < 4.78 is 5.43. The summed E-state index contributed by atoms with van der Waals surface area (Å²) in [5.74, 6) is 0. The van der Waals surface area contributed by atoms with Crippen LogP contribution in [0.25, 0.3) is 0 Å². The third-order valence-corrected chi connectivity index (χ3v) is 2.91. The number of rotatable bonds is 2. The number of carbonyl (C=O) groups is 1. The molecule has 1 N–H and O–H groups in total. The molecule has 5 heteroatoms. The molecular weight excluding hydrogens is 242 g/mol. The van der Waals surface area contributed by atoms with Gasteiger partial charge in [-0.15, -0.1) is 0 Å². The molecule has 0 bridgehead atoms. The lowest BCUT2D eigenvalue weighted by Gasteiger charge is -2.22. The van der Waals surface area contributed by atoms with Crippen LogP contribution in [0.3, 0.4) is 0 Å². The van der Waals surface area contributed by atoms with Gasteiger partial charge in [0.2, 0.25) is 0 Å². The lowest BCUT2D eigenvalue weighted by Crippen LogP contribution is -2.42. The smallest absolute Gasteiger partial charge is 0.407 e. The van der Waals surface area contributed by atoms with Gasteiger partial charge in [-0.05, 0) is 32.9 Å². The van der Waals surface area contributed by atoms with E-state index in [9.17, 15) is 4.79 Å². The molecule has 2 heterocycles. The summed E-state index contributed by atoms with van der Waals surface area (Å²) in [4.78, 5) is 18.0. The van der Waals surface area contributed by atoms with E-state index in [-0.39, 0.29) is 17.7 Å². The summed E-state index contributed by atoms with van der Waals surface area (Å²) in [5.41, 5.74) is 0.809. The highest BCUT2D eigenvalue weighted by Crippen LogP contribution is 2.20. The van der Waals surface area contributed by atoms with E-state index >= 15 is 0 Å². The molecule has 1 fully saturated rings. The number of pyridine rings is 1. The number of carbonyl (C=O) groups excluding carboxylic acids is 1. The van der Waals surface area contributed by atoms with E-state index in [4.69, 9.17) is 4.74 Å². The Balaban J connectivity index is 1.84. The summed E-state index contributed by atoms with van der Waals surface area (Å²) in [6.45, 7) is 7.42. The van der Waals surface area contributed by atoms with Crippen molar-refractivity contribution < 1.29 is 9.53 Å². The molecule has 0 radical (unpaired) electrons. The van der Waals surface area contributed by atoms with Gasteiger partial charge in [0.05, 0.1) is 18.4 Å². The van der Waals surface area contributed by atoms with Crippen molar-refractivity contribution >= 4 is 11.8 Å². The first-order valence-corrected chi connectivity index (χ1v) is 6.58. The quantitative estimate of drug-likeness (QED) is 0.888. The molecule has 1 aliphatic heterocycles. The van der Waals surface area contributed by atoms with Gasteiger partial charge >= 0.3 is 6.09 Å². The molecule has 5 nitrogen and oxygen atoms in total. The van der Waals surface area contributed by atoms with Gasteiger partial charge in [0.25, 0.3) is 0 Å². The predicted octanol–water partition coefficient (Wildman–Crippen LogP) is 2.19. The van der Waals surface area contributed by atoms with Crippen molar-refractivity contribution in [3.63, 3.8) is 0 Å². The lowest BCUT2D eigenvalue weighted by molar-refractivity contribution is 0.101. The minimum Gasteiger partial charge on any atom is -0.444 e. The number of amides is 1. The van der Waals surface area contributed by atoms with E-state index < -0.39 is 0 Å². The lowest BCUT2D eigenvalue weighted by atomic mass is 10.1. The maximum Gasteiger partial charge on any atom is 0.407 e. The number of anilines is 1. The van der Waals surface area contributed by atoms with Gasteiger partial charge in [0, 0.05) is 24.7 Å². The number of nitrogens with zero attached hydrogens (tertiary/aromatic N) is 2. The average molecular weight is 263 g/mol. The first-order valence-electron chi connectivity index (χ1n) is 6.58. The zero-order valence-corrected chi connectivity index (χ0v) is 11.7. The summed E-state index contributed by atoms with van der Waals surface area (Å²) >= 11 is 0. The van der Waals surface area contributed by atoms with Crippen molar-refractivity contribution in [3.05, 3.63) is 24.5 Å². The van der Waals surface area contributed by atoms with Crippen LogP contribution in [-0.2, 0) is 4.74 Å². The Hall–Kier alpha value is -1.78. The molecule has 1 aromatic rings. The van der Waals surface area contributed by atoms with Crippen molar-refractivity contribution in [1.29, 1.82) is 0 Å². The molecule has 104 valence electrons. The molecule has 1 saturated heterocycles. The molecule has 1 atom stereocenters. The van der Waals surface area contributed by atoms with Crippen LogP contribution in [0.15, 0.2) is 24.5 Å². The maximum atomic E-state index is 11.7. The van der Waals surface area contributed by atoms with Gasteiger partial charge in [0.1, 0.15) is 6.10 Å². The van der Waals surface area contributed by atoms with E-state index in [1.807, 2.05) is 39.1 Å². The fourth-order valence-corrected chi connectivity index (χ4v) is 2.09. The van der Waals surface area contributed by atoms with Gasteiger partial charge in [-0.2, -0.15) is 0 Å². The zero-order chi connectivity index (χ0) is 13.9. The van der Waals surface area contributed by atoms with Crippen LogP contribution >= 0.6 is 0 Å². The second-order valence-corrected chi connectivity index (χ2v) is 5.85. The molecule has 19 heavy (non-hydrogen) atoms. The van der Waals surface area contributed by atoms with Crippen LogP contribution in [0, 0.1) is 0 Å². The fourth-order valence-electron chi connectivity index (χ4n) is 2.09. The average Bonchev–Trinajstić information content (AvgIpc) is 2.76. The number of nitrogens with one attached hydrogen (secondary N) is 1. The van der Waals surface area contributed by atoms with E-state index in [2.05, 4.69) is 15.2 Å². The Morgan fingerprint density at radius 3 is 2.95 bits per heavy atom. The Labute approximate surface area is 114 Å². The summed E-state index contributed by atoms with van der Waals surface area (Å²) in [5, 5.41) is 2.81. The number of ether oxygens (including phenoxy) is 1. The largest absolute Gasteiger partial charge is 0.444 e. The molecule has 1 aromatic heterocycles. The topological polar surface area (TPSA) is 54.5 Å². The molecule has 0 saturated carbocycles. The van der Waals surface area contributed by atoms with Crippen LogP contribution in [0.4, 0.5) is 10.5 Å². The number of hydrogen-bond acceptors (Lipinski definition) is 4. The highest BCUT2D eigenvalue weighted by atomic mass is 16.6. The Kier molecular flexibility index (Phi) is 3.93. The Bertz CT molecular complexity index is 428. The van der Waals surface area contributed by atoms with Gasteiger partial charge in [-0.1, -0.05) is 0 Å². The van der Waals surface area contributed by atoms with Crippen molar-refractivity contribution in [2.45, 2.75) is 38.8 Å². The van der Waals surface area contributed by atoms with Gasteiger partial charge in [-0.25, -0.2) is 4.79 Å². The van der Waals surface area contributed by atoms with E-state index in [1.54, 1.807) is 6.20 Å². The van der Waals surface area contributed by atoms with Crippen molar-refractivity contribution in [1.82, 2.24) is 10.3 Å². The third-order valence-electron chi connectivity index (χ3n) is 2.91. The Morgan fingerprint density at radius 2 is 2.32 bits per heavy atom. The molecule has 1 aliphatic rings. The Morgan fingerprint density at radius 1 is 1.53 bits per heavy atom. The minimum absolute atomic E-state index is 0.0532. The first-order chi connectivity index (χ1) is 8.94. The highest BCUT2D eigenvalue weighted by molar-refractivity contribution is 5.68. The third kappa shape index (κ3) is 4.12. The normalized spacial score (nSPS) is 19.3. The molecule has 0 spiro atoms. The van der Waals surface area contributed by atoms with Gasteiger partial charge in [0.15, 0.2) is 0 Å². The maximum absolute atomic E-state index is 11.7. The number of hydrogen-bond donors (Lipinski definition) is 1. The van der Waals surface area contributed by atoms with Gasteiger partial charge < -0.3 is 15.0 Å². The van der Waals surface area contributed by atoms with E-state index in [0.717, 1.165) is 25.2 Å². The zero-order valence-electron chi connectivity index (χ0n) is 11.7. The van der Waals surface area contributed by atoms with Crippen LogP contribution in [0.5, 0.6) is 0 Å². The fraction of sp³-hybridized carbons (Fsp3) is 0.571. The van der Waals surface area contributed by atoms with E-state index in [0.29, 0.717) is 0 Å². The van der Waals surface area contributed by atoms with Crippen LogP contribution < -0.4 is 10.2 Å². The highest BCUT2D eigenvalue weighted by Gasteiger charge is 2.27. The van der Waals surface area contributed by atoms with Crippen molar-refractivity contribution in [2.75, 3.05) is 18.0 Å². The SMILES string of the molecule is CC(C)(C)NC(=O)O[C@@H]1CCN(c2cccnc2)C1.